The molecule has 1 heterocycles. The van der Waals surface area contributed by atoms with E-state index >= 15 is 0 Å². The zero-order chi connectivity index (χ0) is 18.5. The molecule has 0 aliphatic heterocycles. The molecule has 2 N–H and O–H groups in total. The summed E-state index contributed by atoms with van der Waals surface area (Å²) in [6.45, 7) is 3.89. The normalized spacial score (nSPS) is 10.2. The van der Waals surface area contributed by atoms with Crippen molar-refractivity contribution in [2.45, 2.75) is 13.8 Å². The lowest BCUT2D eigenvalue weighted by Gasteiger charge is -2.14. The van der Waals surface area contributed by atoms with E-state index in [4.69, 9.17) is 0 Å². The summed E-state index contributed by atoms with van der Waals surface area (Å²) in [6, 6.07) is 16.1. The second kappa shape index (κ2) is 7.61. The molecule has 0 unspecified atom stereocenters. The molecular weight excluding hydrogens is 326 g/mol. The van der Waals surface area contributed by atoms with E-state index in [1.54, 1.807) is 42.6 Å². The highest BCUT2D eigenvalue weighted by atomic mass is 16.2. The van der Waals surface area contributed by atoms with Crippen LogP contribution in [0.3, 0.4) is 0 Å². The van der Waals surface area contributed by atoms with Crippen molar-refractivity contribution >= 4 is 23.2 Å². The summed E-state index contributed by atoms with van der Waals surface area (Å²) in [6.07, 6.45) is 3.08. The first-order chi connectivity index (χ1) is 12.6. The van der Waals surface area contributed by atoms with Gasteiger partial charge in [-0.1, -0.05) is 30.3 Å². The average molecular weight is 345 g/mol. The van der Waals surface area contributed by atoms with Crippen LogP contribution in [0.2, 0.25) is 0 Å². The van der Waals surface area contributed by atoms with Gasteiger partial charge in [0.1, 0.15) is 0 Å². The Kier molecular flexibility index (Phi) is 5.08. The molecule has 0 bridgehead atoms. The minimum Gasteiger partial charge on any atom is -0.321 e. The van der Waals surface area contributed by atoms with Crippen LogP contribution in [0.25, 0.3) is 0 Å². The van der Waals surface area contributed by atoms with Crippen molar-refractivity contribution in [2.24, 2.45) is 0 Å². The molecule has 0 atom stereocenters. The van der Waals surface area contributed by atoms with Crippen molar-refractivity contribution in [2.75, 3.05) is 10.6 Å². The van der Waals surface area contributed by atoms with Crippen LogP contribution in [0, 0.1) is 13.8 Å². The third kappa shape index (κ3) is 3.78. The quantitative estimate of drug-likeness (QED) is 0.744. The molecule has 0 radical (unpaired) electrons. The molecule has 3 aromatic rings. The number of nitrogens with one attached hydrogen (secondary N) is 2. The van der Waals surface area contributed by atoms with E-state index in [1.165, 1.54) is 6.20 Å². The van der Waals surface area contributed by atoms with Gasteiger partial charge in [-0.05, 0) is 49.2 Å². The lowest BCUT2D eigenvalue weighted by molar-refractivity contribution is 0.102. The summed E-state index contributed by atoms with van der Waals surface area (Å²) in [5, 5.41) is 5.73. The van der Waals surface area contributed by atoms with Crippen molar-refractivity contribution in [3.8, 4) is 0 Å². The molecular formula is C21H19N3O2. The number of hydrogen-bond donors (Lipinski definition) is 2. The van der Waals surface area contributed by atoms with Gasteiger partial charge in [-0.3, -0.25) is 14.6 Å². The van der Waals surface area contributed by atoms with Crippen molar-refractivity contribution in [3.05, 3.63) is 89.2 Å². The monoisotopic (exact) mass is 345 g/mol. The fourth-order valence-corrected chi connectivity index (χ4v) is 2.67. The first kappa shape index (κ1) is 17.4. The fraction of sp³-hybridized carbons (Fsp3) is 0.0952. The van der Waals surface area contributed by atoms with Crippen molar-refractivity contribution in [3.63, 3.8) is 0 Å². The number of carbonyl (C=O) groups excluding carboxylic acids is 2. The van der Waals surface area contributed by atoms with Gasteiger partial charge in [-0.2, -0.15) is 0 Å². The number of benzene rings is 2. The second-order valence-corrected chi connectivity index (χ2v) is 5.96. The van der Waals surface area contributed by atoms with Crippen LogP contribution >= 0.6 is 0 Å². The standard InChI is InChI=1S/C21H19N3O2/c1-14-7-5-8-15(2)19(14)24-21(26)17-10-3-4-11-18(17)23-20(25)16-9-6-12-22-13-16/h3-13H,1-2H3,(H,23,25)(H,24,26). The number of nitrogens with zero attached hydrogens (tertiary/aromatic N) is 1. The minimum absolute atomic E-state index is 0.274. The number of pyridine rings is 1. The first-order valence-corrected chi connectivity index (χ1v) is 8.24. The number of amides is 2. The third-order valence-electron chi connectivity index (χ3n) is 4.06. The Morgan fingerprint density at radius 2 is 1.54 bits per heavy atom. The van der Waals surface area contributed by atoms with Crippen LogP contribution in [-0.4, -0.2) is 16.8 Å². The molecule has 0 fully saturated rings. The van der Waals surface area contributed by atoms with Crippen LogP contribution in [0.4, 0.5) is 11.4 Å². The Morgan fingerprint density at radius 3 is 2.23 bits per heavy atom. The van der Waals surface area contributed by atoms with Gasteiger partial charge in [0.25, 0.3) is 11.8 Å². The zero-order valence-electron chi connectivity index (χ0n) is 14.6. The van der Waals surface area contributed by atoms with Crippen LogP contribution in [-0.2, 0) is 0 Å². The fourth-order valence-electron chi connectivity index (χ4n) is 2.67. The van der Waals surface area contributed by atoms with Crippen LogP contribution in [0.5, 0.6) is 0 Å². The molecule has 5 nitrogen and oxygen atoms in total. The van der Waals surface area contributed by atoms with Gasteiger partial charge < -0.3 is 10.6 Å². The highest BCUT2D eigenvalue weighted by molar-refractivity contribution is 6.12. The summed E-state index contributed by atoms with van der Waals surface area (Å²) in [4.78, 5) is 29.1. The molecule has 0 saturated carbocycles. The highest BCUT2D eigenvalue weighted by Crippen LogP contribution is 2.23. The maximum atomic E-state index is 12.8. The molecule has 2 amide bonds. The van der Waals surface area contributed by atoms with Gasteiger partial charge >= 0.3 is 0 Å². The minimum atomic E-state index is -0.314. The Morgan fingerprint density at radius 1 is 0.808 bits per heavy atom. The number of anilines is 2. The number of para-hydroxylation sites is 2. The topological polar surface area (TPSA) is 71.1 Å². The van der Waals surface area contributed by atoms with E-state index in [-0.39, 0.29) is 11.8 Å². The summed E-state index contributed by atoms with van der Waals surface area (Å²) in [5.74, 6) is -0.588. The second-order valence-electron chi connectivity index (χ2n) is 5.96. The number of aromatic nitrogens is 1. The van der Waals surface area contributed by atoms with Gasteiger partial charge in [-0.15, -0.1) is 0 Å². The molecule has 2 aromatic carbocycles. The molecule has 0 aliphatic rings. The number of hydrogen-bond acceptors (Lipinski definition) is 3. The molecule has 0 spiro atoms. The van der Waals surface area contributed by atoms with E-state index in [9.17, 15) is 9.59 Å². The Hall–Kier alpha value is -3.47. The zero-order valence-corrected chi connectivity index (χ0v) is 14.6. The summed E-state index contributed by atoms with van der Waals surface area (Å²) >= 11 is 0. The first-order valence-electron chi connectivity index (χ1n) is 8.24. The number of aryl methyl sites for hydroxylation is 2. The lowest BCUT2D eigenvalue weighted by Crippen LogP contribution is -2.19. The SMILES string of the molecule is Cc1cccc(C)c1NC(=O)c1ccccc1NC(=O)c1cccnc1. The lowest BCUT2D eigenvalue weighted by atomic mass is 10.1. The third-order valence-corrected chi connectivity index (χ3v) is 4.06. The Balaban J connectivity index is 1.85. The summed E-state index contributed by atoms with van der Waals surface area (Å²) < 4.78 is 0. The molecule has 1 aromatic heterocycles. The van der Waals surface area contributed by atoms with Gasteiger partial charge in [0, 0.05) is 18.1 Å². The van der Waals surface area contributed by atoms with Gasteiger partial charge in [0.2, 0.25) is 0 Å². The predicted molar refractivity (Wildman–Crippen MR) is 103 cm³/mol. The predicted octanol–water partition coefficient (Wildman–Crippen LogP) is 4.20. The average Bonchev–Trinajstić information content (AvgIpc) is 2.66. The molecule has 0 saturated heterocycles. The van der Waals surface area contributed by atoms with Gasteiger partial charge in [0.15, 0.2) is 0 Å². The smallest absolute Gasteiger partial charge is 0.257 e. The maximum Gasteiger partial charge on any atom is 0.257 e. The Bertz CT molecular complexity index is 932. The van der Waals surface area contributed by atoms with Crippen LogP contribution in [0.15, 0.2) is 67.0 Å². The van der Waals surface area contributed by atoms with Crippen molar-refractivity contribution < 1.29 is 9.59 Å². The summed E-state index contributed by atoms with van der Waals surface area (Å²) in [7, 11) is 0. The van der Waals surface area contributed by atoms with E-state index < -0.39 is 0 Å². The van der Waals surface area contributed by atoms with Crippen molar-refractivity contribution in [1.29, 1.82) is 0 Å². The summed E-state index contributed by atoms with van der Waals surface area (Å²) in [5.41, 5.74) is 4.02. The molecule has 0 aliphatic carbocycles. The molecule has 3 rings (SSSR count). The van der Waals surface area contributed by atoms with Crippen LogP contribution < -0.4 is 10.6 Å². The van der Waals surface area contributed by atoms with Gasteiger partial charge in [0.05, 0.1) is 16.8 Å². The number of carbonyl (C=O) groups is 2. The Labute approximate surface area is 152 Å². The van der Waals surface area contributed by atoms with Crippen LogP contribution in [0.1, 0.15) is 31.8 Å². The maximum absolute atomic E-state index is 12.8. The molecule has 130 valence electrons. The largest absolute Gasteiger partial charge is 0.321 e. The number of rotatable bonds is 4. The highest BCUT2D eigenvalue weighted by Gasteiger charge is 2.15. The molecule has 26 heavy (non-hydrogen) atoms. The molecule has 5 heteroatoms. The van der Waals surface area contributed by atoms with E-state index in [1.807, 2.05) is 32.0 Å². The van der Waals surface area contributed by atoms with Gasteiger partial charge in [-0.25, -0.2) is 0 Å². The van der Waals surface area contributed by atoms with E-state index in [2.05, 4.69) is 15.6 Å². The van der Waals surface area contributed by atoms with Crippen molar-refractivity contribution in [1.82, 2.24) is 4.98 Å². The van der Waals surface area contributed by atoms with E-state index in [0.717, 1.165) is 16.8 Å². The van der Waals surface area contributed by atoms with E-state index in [0.29, 0.717) is 16.8 Å².